The second-order valence-electron chi connectivity index (χ2n) is 6.76. The molecule has 1 amide bonds. The van der Waals surface area contributed by atoms with Crippen molar-refractivity contribution in [2.75, 3.05) is 25.1 Å². The first-order valence-corrected chi connectivity index (χ1v) is 10.3. The van der Waals surface area contributed by atoms with Crippen molar-refractivity contribution in [1.82, 2.24) is 14.7 Å². The number of hydrogen-bond acceptors (Lipinski definition) is 6. The van der Waals surface area contributed by atoms with E-state index < -0.39 is 0 Å². The van der Waals surface area contributed by atoms with Crippen molar-refractivity contribution in [3.05, 3.63) is 35.7 Å². The molecule has 0 radical (unpaired) electrons. The molecule has 0 saturated heterocycles. The molecule has 2 aromatic rings. The van der Waals surface area contributed by atoms with E-state index >= 15 is 0 Å². The van der Waals surface area contributed by atoms with Crippen LogP contribution in [0.1, 0.15) is 51.4 Å². The van der Waals surface area contributed by atoms with Crippen molar-refractivity contribution in [3.63, 3.8) is 0 Å². The van der Waals surface area contributed by atoms with E-state index in [1.54, 1.807) is 7.11 Å². The molecule has 0 aliphatic carbocycles. The average molecular weight is 391 g/mol. The molecular formula is C20H30N4O2S. The van der Waals surface area contributed by atoms with Gasteiger partial charge in [0.15, 0.2) is 0 Å². The lowest BCUT2D eigenvalue weighted by Gasteiger charge is -2.25. The maximum absolute atomic E-state index is 12.0. The van der Waals surface area contributed by atoms with Gasteiger partial charge in [0.05, 0.1) is 7.11 Å². The highest BCUT2D eigenvalue weighted by Crippen LogP contribution is 2.22. The lowest BCUT2D eigenvalue weighted by Crippen LogP contribution is -2.35. The summed E-state index contributed by atoms with van der Waals surface area (Å²) in [7, 11) is 1.66. The second kappa shape index (κ2) is 10.9. The number of hydrogen-bond donors (Lipinski definition) is 1. The van der Waals surface area contributed by atoms with Crippen molar-refractivity contribution >= 4 is 22.6 Å². The van der Waals surface area contributed by atoms with E-state index in [4.69, 9.17) is 9.72 Å². The van der Waals surface area contributed by atoms with Gasteiger partial charge in [0.2, 0.25) is 11.0 Å². The zero-order valence-electron chi connectivity index (χ0n) is 16.7. The predicted octanol–water partition coefficient (Wildman–Crippen LogP) is 3.66. The third-order valence-electron chi connectivity index (χ3n) is 4.26. The highest BCUT2D eigenvalue weighted by atomic mass is 32.1. The first kappa shape index (κ1) is 21.2. The van der Waals surface area contributed by atoms with E-state index in [0.717, 1.165) is 41.7 Å². The van der Waals surface area contributed by atoms with Gasteiger partial charge in [0.25, 0.3) is 0 Å². The van der Waals surface area contributed by atoms with E-state index in [1.807, 2.05) is 24.3 Å². The van der Waals surface area contributed by atoms with E-state index in [0.29, 0.717) is 19.4 Å². The molecule has 1 N–H and O–H groups in total. The van der Waals surface area contributed by atoms with Gasteiger partial charge in [-0.1, -0.05) is 25.5 Å². The summed E-state index contributed by atoms with van der Waals surface area (Å²) >= 11 is 1.39. The van der Waals surface area contributed by atoms with Crippen molar-refractivity contribution in [2.45, 2.75) is 52.5 Å². The highest BCUT2D eigenvalue weighted by molar-refractivity contribution is 7.09. The number of aromatic nitrogens is 2. The highest BCUT2D eigenvalue weighted by Gasteiger charge is 2.17. The van der Waals surface area contributed by atoms with Crippen molar-refractivity contribution in [1.29, 1.82) is 0 Å². The standard InChI is InChI=1S/C20H30N4O2S/c1-5-6-11-21-19(25)10-12-24(15(2)3)20-22-18(23-27-20)14-16-8-7-9-17(13-16)26-4/h7-9,13,15H,5-6,10-12,14H2,1-4H3,(H,21,25). The van der Waals surface area contributed by atoms with Gasteiger partial charge in [-0.2, -0.15) is 4.37 Å². The number of unbranched alkanes of at least 4 members (excludes halogenated alkanes) is 1. The number of nitrogens with zero attached hydrogens (tertiary/aromatic N) is 3. The monoisotopic (exact) mass is 390 g/mol. The summed E-state index contributed by atoms with van der Waals surface area (Å²) in [4.78, 5) is 18.8. The Labute approximate surface area is 166 Å². The van der Waals surface area contributed by atoms with Crippen LogP contribution in [0, 0.1) is 0 Å². The molecule has 1 aromatic heterocycles. The van der Waals surface area contributed by atoms with Crippen LogP contribution < -0.4 is 15.0 Å². The molecule has 0 bridgehead atoms. The molecule has 0 atom stereocenters. The quantitative estimate of drug-likeness (QED) is 0.593. The molecular weight excluding hydrogens is 360 g/mol. The van der Waals surface area contributed by atoms with Crippen LogP contribution in [-0.2, 0) is 11.2 Å². The topological polar surface area (TPSA) is 67.4 Å². The van der Waals surface area contributed by atoms with Crippen LogP contribution in [0.25, 0.3) is 0 Å². The lowest BCUT2D eigenvalue weighted by atomic mass is 10.1. The Hall–Kier alpha value is -2.15. The van der Waals surface area contributed by atoms with Crippen LogP contribution in [0.2, 0.25) is 0 Å². The number of nitrogens with one attached hydrogen (secondary N) is 1. The van der Waals surface area contributed by atoms with Crippen LogP contribution in [0.3, 0.4) is 0 Å². The summed E-state index contributed by atoms with van der Waals surface area (Å²) in [6.45, 7) is 7.73. The molecule has 0 fully saturated rings. The van der Waals surface area contributed by atoms with Crippen LogP contribution in [0.5, 0.6) is 5.75 Å². The Balaban J connectivity index is 1.96. The van der Waals surface area contributed by atoms with Crippen molar-refractivity contribution in [3.8, 4) is 5.75 Å². The van der Waals surface area contributed by atoms with Gasteiger partial charge >= 0.3 is 0 Å². The van der Waals surface area contributed by atoms with E-state index in [2.05, 4.69) is 35.4 Å². The Kier molecular flexibility index (Phi) is 8.51. The van der Waals surface area contributed by atoms with Gasteiger partial charge in [-0.05, 0) is 38.0 Å². The van der Waals surface area contributed by atoms with Crippen LogP contribution in [0.4, 0.5) is 5.13 Å². The molecule has 6 nitrogen and oxygen atoms in total. The number of carbonyl (C=O) groups is 1. The summed E-state index contributed by atoms with van der Waals surface area (Å²) in [5.74, 6) is 1.72. The molecule has 1 heterocycles. The maximum atomic E-state index is 12.0. The molecule has 148 valence electrons. The summed E-state index contributed by atoms with van der Waals surface area (Å²) in [5.41, 5.74) is 1.12. The Bertz CT molecular complexity index is 718. The number of carbonyl (C=O) groups excluding carboxylic acids is 1. The fourth-order valence-corrected chi connectivity index (χ4v) is 3.53. The van der Waals surface area contributed by atoms with Crippen molar-refractivity contribution in [2.24, 2.45) is 0 Å². The van der Waals surface area contributed by atoms with E-state index in [1.165, 1.54) is 11.5 Å². The molecule has 0 unspecified atom stereocenters. The number of methoxy groups -OCH3 is 1. The molecule has 0 aliphatic heterocycles. The summed E-state index contributed by atoms with van der Waals surface area (Å²) in [5, 5.41) is 3.83. The normalized spacial score (nSPS) is 10.9. The molecule has 0 saturated carbocycles. The SMILES string of the molecule is CCCCNC(=O)CCN(c1nc(Cc2cccc(OC)c2)ns1)C(C)C. The zero-order valence-corrected chi connectivity index (χ0v) is 17.5. The Morgan fingerprint density at radius 1 is 1.37 bits per heavy atom. The molecule has 0 aliphatic rings. The number of benzene rings is 1. The summed E-state index contributed by atoms with van der Waals surface area (Å²) < 4.78 is 9.78. The Morgan fingerprint density at radius 3 is 2.89 bits per heavy atom. The van der Waals surface area contributed by atoms with Crippen LogP contribution in [-0.4, -0.2) is 41.5 Å². The van der Waals surface area contributed by atoms with Gasteiger partial charge in [0, 0.05) is 43.5 Å². The van der Waals surface area contributed by atoms with Crippen LogP contribution >= 0.6 is 11.5 Å². The first-order chi connectivity index (χ1) is 13.0. The molecule has 1 aromatic carbocycles. The van der Waals surface area contributed by atoms with Gasteiger partial charge in [-0.15, -0.1) is 0 Å². The largest absolute Gasteiger partial charge is 0.497 e. The number of rotatable bonds is 11. The van der Waals surface area contributed by atoms with Gasteiger partial charge < -0.3 is 15.0 Å². The van der Waals surface area contributed by atoms with Crippen LogP contribution in [0.15, 0.2) is 24.3 Å². The minimum absolute atomic E-state index is 0.0928. The number of amides is 1. The fourth-order valence-electron chi connectivity index (χ4n) is 2.69. The zero-order chi connectivity index (χ0) is 19.6. The molecule has 0 spiro atoms. The summed E-state index contributed by atoms with van der Waals surface area (Å²) in [6, 6.07) is 8.20. The van der Waals surface area contributed by atoms with Gasteiger partial charge in [-0.3, -0.25) is 4.79 Å². The first-order valence-electron chi connectivity index (χ1n) is 9.52. The molecule has 27 heavy (non-hydrogen) atoms. The predicted molar refractivity (Wildman–Crippen MR) is 111 cm³/mol. The van der Waals surface area contributed by atoms with E-state index in [-0.39, 0.29) is 11.9 Å². The van der Waals surface area contributed by atoms with Gasteiger partial charge in [0.1, 0.15) is 11.6 Å². The van der Waals surface area contributed by atoms with Gasteiger partial charge in [-0.25, -0.2) is 4.98 Å². The third-order valence-corrected chi connectivity index (χ3v) is 5.05. The lowest BCUT2D eigenvalue weighted by molar-refractivity contribution is -0.120. The Morgan fingerprint density at radius 2 is 2.19 bits per heavy atom. The minimum atomic E-state index is 0.0928. The summed E-state index contributed by atoms with van der Waals surface area (Å²) in [6.07, 6.45) is 3.23. The number of ether oxygens (including phenoxy) is 1. The molecule has 7 heteroatoms. The smallest absolute Gasteiger partial charge is 0.221 e. The minimum Gasteiger partial charge on any atom is -0.497 e. The fraction of sp³-hybridized carbons (Fsp3) is 0.550. The second-order valence-corrected chi connectivity index (χ2v) is 7.49. The average Bonchev–Trinajstić information content (AvgIpc) is 3.10. The maximum Gasteiger partial charge on any atom is 0.221 e. The third kappa shape index (κ3) is 6.82. The molecule has 2 rings (SSSR count). The number of anilines is 1. The van der Waals surface area contributed by atoms with E-state index in [9.17, 15) is 4.79 Å². The van der Waals surface area contributed by atoms with Crippen molar-refractivity contribution < 1.29 is 9.53 Å².